The van der Waals surface area contributed by atoms with Crippen LogP contribution in [0.4, 0.5) is 11.4 Å². The first-order valence-electron chi connectivity index (χ1n) is 9.65. The summed E-state index contributed by atoms with van der Waals surface area (Å²) >= 11 is 0. The minimum absolute atomic E-state index is 0.0622. The lowest BCUT2D eigenvalue weighted by Gasteiger charge is -2.16. The third-order valence-electron chi connectivity index (χ3n) is 4.51. The lowest BCUT2D eigenvalue weighted by Crippen LogP contribution is -2.22. The smallest absolute Gasteiger partial charge is 0.292 e. The summed E-state index contributed by atoms with van der Waals surface area (Å²) in [7, 11) is -1.12. The maximum absolute atomic E-state index is 10.9. The number of nitro benzene ring substituents is 1. The Morgan fingerprint density at radius 2 is 1.80 bits per heavy atom. The van der Waals surface area contributed by atoms with Crippen molar-refractivity contribution in [2.24, 2.45) is 0 Å². The van der Waals surface area contributed by atoms with Crippen molar-refractivity contribution in [1.82, 2.24) is 9.78 Å². The third-order valence-corrected chi connectivity index (χ3v) is 6.21. The van der Waals surface area contributed by atoms with Gasteiger partial charge < -0.3 is 15.2 Å². The molecule has 3 aromatic rings. The van der Waals surface area contributed by atoms with E-state index in [9.17, 15) is 10.1 Å². The summed E-state index contributed by atoms with van der Waals surface area (Å²) in [4.78, 5) is 10.3. The van der Waals surface area contributed by atoms with Gasteiger partial charge in [0.15, 0.2) is 0 Å². The molecule has 3 rings (SSSR count). The molecule has 0 radical (unpaired) electrons. The van der Waals surface area contributed by atoms with Gasteiger partial charge in [-0.25, -0.2) is 4.68 Å². The summed E-state index contributed by atoms with van der Waals surface area (Å²) in [5, 5.41) is 15.2. The molecule has 0 saturated heterocycles. The zero-order valence-corrected chi connectivity index (χ0v) is 18.4. The van der Waals surface area contributed by atoms with Crippen LogP contribution in [0.1, 0.15) is 0 Å². The van der Waals surface area contributed by atoms with Crippen molar-refractivity contribution >= 4 is 19.4 Å². The second-order valence-corrected chi connectivity index (χ2v) is 13.8. The number of nitrogens with two attached hydrogens (primary N) is 1. The zero-order valence-electron chi connectivity index (χ0n) is 17.4. The average Bonchev–Trinajstić information content (AvgIpc) is 3.13. The monoisotopic (exact) mass is 426 g/mol. The van der Waals surface area contributed by atoms with Crippen LogP contribution < -0.4 is 10.5 Å². The number of aromatic nitrogens is 2. The van der Waals surface area contributed by atoms with E-state index in [1.54, 1.807) is 6.20 Å². The lowest BCUT2D eigenvalue weighted by molar-refractivity contribution is -0.383. The molecule has 8 nitrogen and oxygen atoms in total. The van der Waals surface area contributed by atoms with Gasteiger partial charge in [0.25, 0.3) is 5.69 Å². The van der Waals surface area contributed by atoms with Gasteiger partial charge in [-0.2, -0.15) is 5.10 Å². The molecule has 9 heteroatoms. The number of nitrogen functional groups attached to an aromatic ring is 1. The number of rotatable bonds is 9. The summed E-state index contributed by atoms with van der Waals surface area (Å²) < 4.78 is 13.4. The van der Waals surface area contributed by atoms with Gasteiger partial charge in [0, 0.05) is 38.6 Å². The van der Waals surface area contributed by atoms with E-state index in [0.29, 0.717) is 18.2 Å². The number of ether oxygens (including phenoxy) is 2. The first kappa shape index (κ1) is 21.5. The third kappa shape index (κ3) is 5.68. The van der Waals surface area contributed by atoms with E-state index in [2.05, 4.69) is 24.7 Å². The van der Waals surface area contributed by atoms with Gasteiger partial charge in [-0.15, -0.1) is 0 Å². The molecular formula is C21H26N4O4Si. The van der Waals surface area contributed by atoms with Crippen molar-refractivity contribution in [3.8, 4) is 22.8 Å². The fourth-order valence-corrected chi connectivity index (χ4v) is 3.56. The second kappa shape index (κ2) is 9.10. The molecule has 0 bridgehead atoms. The molecule has 0 atom stereocenters. The Morgan fingerprint density at radius 3 is 2.43 bits per heavy atom. The summed E-state index contributed by atoms with van der Waals surface area (Å²) in [6.07, 6.45) is 1.75. The molecular weight excluding hydrogens is 400 g/mol. The van der Waals surface area contributed by atoms with Crippen LogP contribution in [0.25, 0.3) is 11.3 Å². The molecule has 158 valence electrons. The van der Waals surface area contributed by atoms with Crippen molar-refractivity contribution in [2.45, 2.75) is 32.4 Å². The normalized spacial score (nSPS) is 11.4. The van der Waals surface area contributed by atoms with Crippen LogP contribution in [-0.2, 0) is 11.5 Å². The predicted molar refractivity (Wildman–Crippen MR) is 119 cm³/mol. The van der Waals surface area contributed by atoms with Crippen LogP contribution in [-0.4, -0.2) is 29.4 Å². The van der Waals surface area contributed by atoms with E-state index < -0.39 is 13.0 Å². The quantitative estimate of drug-likeness (QED) is 0.167. The average molecular weight is 427 g/mol. The van der Waals surface area contributed by atoms with Crippen molar-refractivity contribution in [2.75, 3.05) is 12.3 Å². The van der Waals surface area contributed by atoms with E-state index in [-0.39, 0.29) is 11.4 Å². The first-order chi connectivity index (χ1) is 14.2. The Balaban J connectivity index is 1.64. The molecule has 0 aliphatic heterocycles. The fraction of sp³-hybridized carbons (Fsp3) is 0.286. The Kier molecular flexibility index (Phi) is 6.53. The number of nitrogens with zero attached hydrogens (tertiary/aromatic N) is 3. The van der Waals surface area contributed by atoms with Gasteiger partial charge >= 0.3 is 0 Å². The molecule has 0 fully saturated rings. The van der Waals surface area contributed by atoms with Crippen molar-refractivity contribution < 1.29 is 14.4 Å². The van der Waals surface area contributed by atoms with E-state index >= 15 is 0 Å². The predicted octanol–water partition coefficient (Wildman–Crippen LogP) is 5.15. The first-order valence-corrected chi connectivity index (χ1v) is 13.4. The van der Waals surface area contributed by atoms with Crippen LogP contribution in [0.2, 0.25) is 25.7 Å². The standard InChI is InChI=1S/C21H26N4O4Si/c1-30(2,3)13-12-28-15-24-20(10-11-23-24)16-4-6-17(7-5-16)29-18-8-9-21(25(26)27)19(22)14-18/h4-11,14H,12-13,15,22H2,1-3H3. The zero-order chi connectivity index (χ0) is 21.7. The van der Waals surface area contributed by atoms with Crippen LogP contribution >= 0.6 is 0 Å². The highest BCUT2D eigenvalue weighted by Crippen LogP contribution is 2.30. The maximum Gasteiger partial charge on any atom is 0.292 e. The SMILES string of the molecule is C[Si](C)(C)CCOCn1nccc1-c1ccc(Oc2ccc([N+](=O)[O-])c(N)c2)cc1. The van der Waals surface area contributed by atoms with Gasteiger partial charge in [0.2, 0.25) is 0 Å². The molecule has 30 heavy (non-hydrogen) atoms. The highest BCUT2D eigenvalue weighted by molar-refractivity contribution is 6.76. The van der Waals surface area contributed by atoms with E-state index in [4.69, 9.17) is 15.2 Å². The molecule has 0 unspecified atom stereocenters. The Hall–Kier alpha value is -3.17. The molecule has 0 spiro atoms. The molecule has 0 amide bonds. The van der Waals surface area contributed by atoms with Crippen molar-refractivity contribution in [3.63, 3.8) is 0 Å². The molecule has 1 heterocycles. The van der Waals surface area contributed by atoms with Crippen molar-refractivity contribution in [3.05, 3.63) is 64.8 Å². The Bertz CT molecular complexity index is 1010. The van der Waals surface area contributed by atoms with Gasteiger partial charge in [0.1, 0.15) is 23.9 Å². The van der Waals surface area contributed by atoms with Gasteiger partial charge in [-0.1, -0.05) is 19.6 Å². The van der Waals surface area contributed by atoms with Crippen LogP contribution in [0, 0.1) is 10.1 Å². The molecule has 2 aromatic carbocycles. The van der Waals surface area contributed by atoms with Gasteiger partial charge in [0.05, 0.1) is 10.6 Å². The molecule has 0 saturated carbocycles. The summed E-state index contributed by atoms with van der Waals surface area (Å²) in [5.74, 6) is 1.04. The summed E-state index contributed by atoms with van der Waals surface area (Å²) in [6, 6.07) is 14.9. The van der Waals surface area contributed by atoms with Gasteiger partial charge in [-0.3, -0.25) is 10.1 Å². The van der Waals surface area contributed by atoms with E-state index in [0.717, 1.165) is 23.9 Å². The van der Waals surface area contributed by atoms with Crippen molar-refractivity contribution in [1.29, 1.82) is 0 Å². The number of hydrogen-bond donors (Lipinski definition) is 1. The fourth-order valence-electron chi connectivity index (χ4n) is 2.80. The number of anilines is 1. The summed E-state index contributed by atoms with van der Waals surface area (Å²) in [6.45, 7) is 8.12. The van der Waals surface area contributed by atoms with E-state index in [1.165, 1.54) is 18.2 Å². The largest absolute Gasteiger partial charge is 0.457 e. The minimum atomic E-state index is -1.12. The molecule has 0 aliphatic rings. The highest BCUT2D eigenvalue weighted by Gasteiger charge is 2.14. The topological polar surface area (TPSA) is 105 Å². The minimum Gasteiger partial charge on any atom is -0.457 e. The van der Waals surface area contributed by atoms with Crippen LogP contribution in [0.3, 0.4) is 0 Å². The number of benzene rings is 2. The van der Waals surface area contributed by atoms with E-state index in [1.807, 2.05) is 35.0 Å². The Morgan fingerprint density at radius 1 is 1.10 bits per heavy atom. The highest BCUT2D eigenvalue weighted by atomic mass is 28.3. The number of hydrogen-bond acceptors (Lipinski definition) is 6. The van der Waals surface area contributed by atoms with Crippen LogP contribution in [0.5, 0.6) is 11.5 Å². The lowest BCUT2D eigenvalue weighted by atomic mass is 10.1. The number of nitro groups is 1. The molecule has 1 aromatic heterocycles. The summed E-state index contributed by atoms with van der Waals surface area (Å²) in [5.41, 5.74) is 7.57. The molecule has 0 aliphatic carbocycles. The maximum atomic E-state index is 10.9. The van der Waals surface area contributed by atoms with Gasteiger partial charge in [-0.05, 0) is 42.4 Å². The molecule has 2 N–H and O–H groups in total. The Labute approximate surface area is 176 Å². The second-order valence-electron chi connectivity index (χ2n) is 8.17. The van der Waals surface area contributed by atoms with Crippen LogP contribution in [0.15, 0.2) is 54.7 Å².